The molecule has 2 aromatic rings. The zero-order valence-electron chi connectivity index (χ0n) is 16.7. The summed E-state index contributed by atoms with van der Waals surface area (Å²) in [6.45, 7) is 11.1. The predicted molar refractivity (Wildman–Crippen MR) is 110 cm³/mol. The maximum absolute atomic E-state index is 12.7. The summed E-state index contributed by atoms with van der Waals surface area (Å²) in [6, 6.07) is 8.24. The van der Waals surface area contributed by atoms with Crippen LogP contribution in [0.25, 0.3) is 10.9 Å². The molecule has 0 saturated carbocycles. The smallest absolute Gasteiger partial charge is 0.252 e. The van der Waals surface area contributed by atoms with Gasteiger partial charge < -0.3 is 15.5 Å². The molecular formula is C20H29N3O3Si. The predicted octanol–water partition coefficient (Wildman–Crippen LogP) is 3.23. The molecule has 2 amide bonds. The first kappa shape index (κ1) is 21.1. The second kappa shape index (κ2) is 8.18. The van der Waals surface area contributed by atoms with E-state index < -0.39 is 20.3 Å². The highest BCUT2D eigenvalue weighted by Gasteiger charge is 2.37. The third-order valence-electron chi connectivity index (χ3n) is 5.22. The lowest BCUT2D eigenvalue weighted by Crippen LogP contribution is -2.47. The molecule has 0 spiro atoms. The van der Waals surface area contributed by atoms with E-state index in [2.05, 4.69) is 44.2 Å². The average Bonchev–Trinajstić information content (AvgIpc) is 2.59. The van der Waals surface area contributed by atoms with Crippen molar-refractivity contribution in [3.63, 3.8) is 0 Å². The lowest BCUT2D eigenvalue weighted by atomic mass is 10.1. The number of amides is 2. The van der Waals surface area contributed by atoms with Gasteiger partial charge in [0, 0.05) is 18.2 Å². The van der Waals surface area contributed by atoms with Crippen molar-refractivity contribution in [1.29, 1.82) is 0 Å². The maximum atomic E-state index is 12.7. The van der Waals surface area contributed by atoms with E-state index in [4.69, 9.17) is 10.2 Å². The summed E-state index contributed by atoms with van der Waals surface area (Å²) in [5.74, 6) is -0.912. The summed E-state index contributed by atoms with van der Waals surface area (Å²) in [5, 5.41) is 3.56. The van der Waals surface area contributed by atoms with Gasteiger partial charge in [0.25, 0.3) is 5.91 Å². The molecule has 0 fully saturated rings. The number of benzene rings is 1. The number of fused-ring (bicyclic) bond motifs is 1. The van der Waals surface area contributed by atoms with Gasteiger partial charge in [0.15, 0.2) is 8.32 Å². The van der Waals surface area contributed by atoms with Crippen LogP contribution in [0.15, 0.2) is 36.5 Å². The number of carbonyl (C=O) groups is 2. The van der Waals surface area contributed by atoms with Gasteiger partial charge in [0.2, 0.25) is 5.91 Å². The molecule has 0 saturated heterocycles. The molecule has 1 aromatic carbocycles. The van der Waals surface area contributed by atoms with Crippen LogP contribution in [-0.2, 0) is 9.22 Å². The molecule has 6 nitrogen and oxygen atoms in total. The van der Waals surface area contributed by atoms with E-state index in [1.165, 1.54) is 0 Å². The van der Waals surface area contributed by atoms with Gasteiger partial charge >= 0.3 is 0 Å². The van der Waals surface area contributed by atoms with Crippen LogP contribution < -0.4 is 11.1 Å². The van der Waals surface area contributed by atoms with Gasteiger partial charge in [-0.3, -0.25) is 14.6 Å². The molecule has 0 aliphatic carbocycles. The van der Waals surface area contributed by atoms with Crippen LogP contribution in [0.1, 0.15) is 37.6 Å². The van der Waals surface area contributed by atoms with Crippen LogP contribution in [-0.4, -0.2) is 37.8 Å². The Morgan fingerprint density at radius 1 is 1.22 bits per heavy atom. The van der Waals surface area contributed by atoms with Crippen molar-refractivity contribution < 1.29 is 14.0 Å². The molecule has 0 aliphatic rings. The number of nitrogens with two attached hydrogens (primary N) is 1. The molecule has 0 aliphatic heterocycles. The Morgan fingerprint density at radius 2 is 1.89 bits per heavy atom. The Bertz CT molecular complexity index is 825. The molecule has 3 N–H and O–H groups in total. The van der Waals surface area contributed by atoms with Crippen molar-refractivity contribution >= 4 is 31.0 Å². The van der Waals surface area contributed by atoms with E-state index in [0.29, 0.717) is 18.6 Å². The van der Waals surface area contributed by atoms with Crippen LogP contribution in [0.2, 0.25) is 18.1 Å². The number of pyridine rings is 1. The highest BCUT2D eigenvalue weighted by atomic mass is 28.4. The third kappa shape index (κ3) is 5.14. The van der Waals surface area contributed by atoms with Crippen molar-refractivity contribution in [2.24, 2.45) is 5.73 Å². The molecule has 2 rings (SSSR count). The summed E-state index contributed by atoms with van der Waals surface area (Å²) in [6.07, 6.45) is 1.92. The minimum Gasteiger partial charge on any atom is -0.417 e. The minimum atomic E-state index is -1.92. The van der Waals surface area contributed by atoms with E-state index in [9.17, 15) is 9.59 Å². The molecule has 146 valence electrons. The number of para-hydroxylation sites is 1. The van der Waals surface area contributed by atoms with Crippen molar-refractivity contribution in [2.45, 2.75) is 51.4 Å². The van der Waals surface area contributed by atoms with Crippen LogP contribution in [0.3, 0.4) is 0 Å². The Balaban J connectivity index is 2.07. The number of hydrogen-bond donors (Lipinski definition) is 2. The minimum absolute atomic E-state index is 0.0778. The number of nitrogens with one attached hydrogen (secondary N) is 1. The van der Waals surface area contributed by atoms with Gasteiger partial charge in [0.05, 0.1) is 11.1 Å². The summed E-state index contributed by atoms with van der Waals surface area (Å²) in [5.41, 5.74) is 6.69. The van der Waals surface area contributed by atoms with Crippen LogP contribution in [0.5, 0.6) is 0 Å². The topological polar surface area (TPSA) is 94.3 Å². The number of carbonyl (C=O) groups excluding carboxylic acids is 2. The molecule has 1 aromatic heterocycles. The number of aromatic nitrogens is 1. The van der Waals surface area contributed by atoms with Crippen LogP contribution >= 0.6 is 0 Å². The molecule has 27 heavy (non-hydrogen) atoms. The van der Waals surface area contributed by atoms with E-state index in [1.807, 2.05) is 24.3 Å². The van der Waals surface area contributed by atoms with Gasteiger partial charge in [-0.05, 0) is 36.7 Å². The molecular weight excluding hydrogens is 358 g/mol. The zero-order valence-corrected chi connectivity index (χ0v) is 17.7. The van der Waals surface area contributed by atoms with Gasteiger partial charge in [-0.25, -0.2) is 0 Å². The van der Waals surface area contributed by atoms with Crippen molar-refractivity contribution in [3.8, 4) is 0 Å². The normalized spacial score (nSPS) is 13.4. The van der Waals surface area contributed by atoms with Crippen LogP contribution in [0, 0.1) is 0 Å². The van der Waals surface area contributed by atoms with Gasteiger partial charge in [-0.15, -0.1) is 0 Å². The lowest BCUT2D eigenvalue weighted by Gasteiger charge is -2.36. The van der Waals surface area contributed by atoms with Crippen molar-refractivity contribution in [2.75, 3.05) is 6.61 Å². The second-order valence-electron chi connectivity index (χ2n) is 8.20. The monoisotopic (exact) mass is 387 g/mol. The van der Waals surface area contributed by atoms with E-state index in [1.54, 1.807) is 12.3 Å². The number of nitrogens with zero attached hydrogens (tertiary/aromatic N) is 1. The Hall–Kier alpha value is -2.25. The Kier molecular flexibility index (Phi) is 6.38. The quantitative estimate of drug-likeness (QED) is 0.713. The molecule has 0 radical (unpaired) electrons. The highest BCUT2D eigenvalue weighted by Crippen LogP contribution is 2.36. The Morgan fingerprint density at radius 3 is 2.52 bits per heavy atom. The standard InChI is InChI=1S/C20H29N3O3Si/c1-20(2,3)27(4,5)26-13-11-17(18(21)24)23-19(25)15-10-12-22-16-9-7-6-8-14(15)16/h6-10,12,17H,11,13H2,1-5H3,(H2,21,24)(H,23,25)/t17-/m1/s1. The fourth-order valence-electron chi connectivity index (χ4n) is 2.46. The summed E-state index contributed by atoms with van der Waals surface area (Å²) in [4.78, 5) is 28.8. The first-order valence-corrected chi connectivity index (χ1v) is 12.0. The number of primary amides is 1. The van der Waals surface area contributed by atoms with E-state index >= 15 is 0 Å². The molecule has 1 heterocycles. The van der Waals surface area contributed by atoms with E-state index in [-0.39, 0.29) is 10.9 Å². The number of hydrogen-bond acceptors (Lipinski definition) is 4. The fourth-order valence-corrected chi connectivity index (χ4v) is 3.53. The fraction of sp³-hybridized carbons (Fsp3) is 0.450. The zero-order chi connectivity index (χ0) is 20.2. The summed E-state index contributed by atoms with van der Waals surface area (Å²) < 4.78 is 6.10. The first-order valence-electron chi connectivity index (χ1n) is 9.11. The molecule has 1 atom stereocenters. The average molecular weight is 388 g/mol. The maximum Gasteiger partial charge on any atom is 0.252 e. The van der Waals surface area contributed by atoms with E-state index in [0.717, 1.165) is 10.9 Å². The first-order chi connectivity index (χ1) is 12.5. The largest absolute Gasteiger partial charge is 0.417 e. The number of rotatable bonds is 7. The van der Waals surface area contributed by atoms with Gasteiger partial charge in [-0.2, -0.15) is 0 Å². The van der Waals surface area contributed by atoms with Crippen molar-refractivity contribution in [3.05, 3.63) is 42.1 Å². The Labute approximate surface area is 161 Å². The SMILES string of the molecule is CC(C)(C)[Si](C)(C)OCC[C@@H](NC(=O)c1ccnc2ccccc12)C(N)=O. The lowest BCUT2D eigenvalue weighted by molar-refractivity contribution is -0.120. The van der Waals surface area contributed by atoms with Gasteiger partial charge in [0.1, 0.15) is 6.04 Å². The molecule has 0 bridgehead atoms. The third-order valence-corrected chi connectivity index (χ3v) is 9.76. The summed E-state index contributed by atoms with van der Waals surface area (Å²) >= 11 is 0. The van der Waals surface area contributed by atoms with Crippen LogP contribution in [0.4, 0.5) is 0 Å². The second-order valence-corrected chi connectivity index (χ2v) is 13.0. The van der Waals surface area contributed by atoms with Gasteiger partial charge in [-0.1, -0.05) is 39.0 Å². The van der Waals surface area contributed by atoms with Crippen molar-refractivity contribution in [1.82, 2.24) is 10.3 Å². The summed E-state index contributed by atoms with van der Waals surface area (Å²) in [7, 11) is -1.92. The molecule has 0 unspecified atom stereocenters. The molecule has 7 heteroatoms. The highest BCUT2D eigenvalue weighted by molar-refractivity contribution is 6.74.